The van der Waals surface area contributed by atoms with E-state index < -0.39 is 11.0 Å². The average Bonchev–Trinajstić information content (AvgIpc) is 2.49. The highest BCUT2D eigenvalue weighted by Crippen LogP contribution is 2.27. The molecule has 0 radical (unpaired) electrons. The van der Waals surface area contributed by atoms with Crippen molar-refractivity contribution >= 4 is 29.0 Å². The van der Waals surface area contributed by atoms with E-state index >= 15 is 0 Å². The summed E-state index contributed by atoms with van der Waals surface area (Å²) in [7, 11) is 0. The number of nitrogens with one attached hydrogen (secondary N) is 2. The van der Waals surface area contributed by atoms with Crippen LogP contribution in [0.4, 0.5) is 16.2 Å². The van der Waals surface area contributed by atoms with Gasteiger partial charge in [0.1, 0.15) is 5.02 Å². The molecule has 2 aromatic carbocycles. The normalized spacial score (nSPS) is 10.2. The van der Waals surface area contributed by atoms with E-state index in [9.17, 15) is 14.9 Å². The van der Waals surface area contributed by atoms with Crippen molar-refractivity contribution in [3.63, 3.8) is 0 Å². The Kier molecular flexibility index (Phi) is 5.54. The second-order valence-electron chi connectivity index (χ2n) is 5.04. The number of nitro groups is 1. The smallest absolute Gasteiger partial charge is 0.319 e. The number of hydrogen-bond acceptors (Lipinski definition) is 3. The zero-order valence-corrected chi connectivity index (χ0v) is 13.3. The van der Waals surface area contributed by atoms with E-state index in [0.717, 1.165) is 5.56 Å². The molecule has 2 amide bonds. The van der Waals surface area contributed by atoms with Gasteiger partial charge in [-0.3, -0.25) is 10.1 Å². The van der Waals surface area contributed by atoms with Crippen molar-refractivity contribution in [2.24, 2.45) is 0 Å². The largest absolute Gasteiger partial charge is 0.338 e. The van der Waals surface area contributed by atoms with Gasteiger partial charge >= 0.3 is 6.03 Å². The third-order valence-corrected chi connectivity index (χ3v) is 3.50. The monoisotopic (exact) mass is 333 g/mol. The molecule has 6 nitrogen and oxygen atoms in total. The molecule has 0 heterocycles. The summed E-state index contributed by atoms with van der Waals surface area (Å²) >= 11 is 5.72. The molecule has 0 aliphatic heterocycles. The summed E-state index contributed by atoms with van der Waals surface area (Å²) in [5.74, 6) is 0. The van der Waals surface area contributed by atoms with Crippen LogP contribution in [0.25, 0.3) is 0 Å². The summed E-state index contributed by atoms with van der Waals surface area (Å²) in [6.45, 7) is 2.47. The first-order chi connectivity index (χ1) is 11.0. The van der Waals surface area contributed by atoms with Crippen LogP contribution in [0.5, 0.6) is 0 Å². The molecule has 0 aliphatic rings. The van der Waals surface area contributed by atoms with Gasteiger partial charge in [-0.2, -0.15) is 0 Å². The molecule has 2 N–H and O–H groups in total. The van der Waals surface area contributed by atoms with Gasteiger partial charge in [-0.15, -0.1) is 0 Å². The van der Waals surface area contributed by atoms with Crippen LogP contribution in [-0.2, 0) is 6.42 Å². The number of nitrogens with zero attached hydrogens (tertiary/aromatic N) is 1. The van der Waals surface area contributed by atoms with Gasteiger partial charge in [-0.1, -0.05) is 41.4 Å². The number of amides is 2. The molecule has 0 aliphatic carbocycles. The molecule has 120 valence electrons. The van der Waals surface area contributed by atoms with Crippen LogP contribution < -0.4 is 10.6 Å². The minimum atomic E-state index is -0.594. The van der Waals surface area contributed by atoms with Crippen LogP contribution in [0, 0.1) is 17.0 Å². The van der Waals surface area contributed by atoms with Crippen LogP contribution in [0.2, 0.25) is 5.02 Å². The van der Waals surface area contributed by atoms with E-state index in [-0.39, 0.29) is 10.7 Å². The number of anilines is 1. The number of aryl methyl sites for hydroxylation is 1. The minimum Gasteiger partial charge on any atom is -0.338 e. The first-order valence-corrected chi connectivity index (χ1v) is 7.38. The van der Waals surface area contributed by atoms with Crippen molar-refractivity contribution in [3.8, 4) is 0 Å². The predicted molar refractivity (Wildman–Crippen MR) is 90.0 cm³/mol. The molecule has 0 saturated carbocycles. The lowest BCUT2D eigenvalue weighted by Crippen LogP contribution is -2.30. The fourth-order valence-corrected chi connectivity index (χ4v) is 2.28. The Balaban J connectivity index is 1.87. The van der Waals surface area contributed by atoms with Crippen molar-refractivity contribution in [3.05, 3.63) is 68.7 Å². The molecule has 0 spiro atoms. The number of rotatable bonds is 5. The van der Waals surface area contributed by atoms with Crippen molar-refractivity contribution in [2.75, 3.05) is 11.9 Å². The van der Waals surface area contributed by atoms with Crippen LogP contribution in [-0.4, -0.2) is 17.5 Å². The van der Waals surface area contributed by atoms with Crippen LogP contribution in [0.1, 0.15) is 11.1 Å². The number of carbonyl (C=O) groups excluding carboxylic acids is 1. The van der Waals surface area contributed by atoms with Crippen LogP contribution >= 0.6 is 11.6 Å². The fraction of sp³-hybridized carbons (Fsp3) is 0.188. The molecular weight excluding hydrogens is 318 g/mol. The lowest BCUT2D eigenvalue weighted by molar-refractivity contribution is -0.384. The number of benzene rings is 2. The third-order valence-electron chi connectivity index (χ3n) is 3.18. The Hall–Kier alpha value is -2.60. The average molecular weight is 334 g/mol. The van der Waals surface area contributed by atoms with Crippen molar-refractivity contribution in [1.29, 1.82) is 0 Å². The van der Waals surface area contributed by atoms with Gasteiger partial charge in [-0.05, 0) is 31.0 Å². The molecule has 0 unspecified atom stereocenters. The van der Waals surface area contributed by atoms with E-state index in [1.54, 1.807) is 0 Å². The molecule has 0 atom stereocenters. The van der Waals surface area contributed by atoms with Crippen molar-refractivity contribution < 1.29 is 9.72 Å². The van der Waals surface area contributed by atoms with E-state index in [1.807, 2.05) is 25.1 Å². The summed E-state index contributed by atoms with van der Waals surface area (Å²) in [4.78, 5) is 22.0. The highest BCUT2D eigenvalue weighted by Gasteiger charge is 2.13. The van der Waals surface area contributed by atoms with Crippen LogP contribution in [0.15, 0.2) is 42.5 Å². The third kappa shape index (κ3) is 4.96. The quantitative estimate of drug-likeness (QED) is 0.642. The highest BCUT2D eigenvalue weighted by molar-refractivity contribution is 6.32. The second kappa shape index (κ2) is 7.60. The molecule has 7 heteroatoms. The van der Waals surface area contributed by atoms with Crippen LogP contribution in [0.3, 0.4) is 0 Å². The van der Waals surface area contributed by atoms with E-state index in [1.165, 1.54) is 23.8 Å². The standard InChI is InChI=1S/C16H16ClN3O3/c1-11-3-2-4-12(9-11)7-8-18-16(21)19-13-5-6-14(17)15(10-13)20(22)23/h2-6,9-10H,7-8H2,1H3,(H2,18,19,21). The topological polar surface area (TPSA) is 84.3 Å². The molecule has 0 saturated heterocycles. The lowest BCUT2D eigenvalue weighted by Gasteiger charge is -2.08. The van der Waals surface area contributed by atoms with Gasteiger partial charge in [0.05, 0.1) is 4.92 Å². The summed E-state index contributed by atoms with van der Waals surface area (Å²) < 4.78 is 0. The zero-order chi connectivity index (χ0) is 16.8. The van der Waals surface area contributed by atoms with Gasteiger partial charge in [0.15, 0.2) is 0 Å². The number of nitro benzene ring substituents is 1. The fourth-order valence-electron chi connectivity index (χ4n) is 2.09. The van der Waals surface area contributed by atoms with Gasteiger partial charge < -0.3 is 10.6 Å². The summed E-state index contributed by atoms with van der Waals surface area (Å²) in [6.07, 6.45) is 0.704. The summed E-state index contributed by atoms with van der Waals surface area (Å²) in [5.41, 5.74) is 2.37. The van der Waals surface area contributed by atoms with E-state index in [4.69, 9.17) is 11.6 Å². The predicted octanol–water partition coefficient (Wildman–Crippen LogP) is 3.92. The Morgan fingerprint density at radius 2 is 2.04 bits per heavy atom. The number of carbonyl (C=O) groups is 1. The van der Waals surface area contributed by atoms with E-state index in [2.05, 4.69) is 16.7 Å². The molecule has 2 rings (SSSR count). The minimum absolute atomic E-state index is 0.0282. The van der Waals surface area contributed by atoms with Crippen molar-refractivity contribution in [2.45, 2.75) is 13.3 Å². The molecule has 23 heavy (non-hydrogen) atoms. The number of hydrogen-bond donors (Lipinski definition) is 2. The van der Waals surface area contributed by atoms with Gasteiger partial charge in [0.2, 0.25) is 0 Å². The Bertz CT molecular complexity index is 734. The van der Waals surface area contributed by atoms with Crippen molar-refractivity contribution in [1.82, 2.24) is 5.32 Å². The summed E-state index contributed by atoms with van der Waals surface area (Å²) in [5, 5.41) is 16.1. The Morgan fingerprint density at radius 3 is 2.74 bits per heavy atom. The Labute approximate surface area is 138 Å². The first-order valence-electron chi connectivity index (χ1n) is 7.00. The molecular formula is C16H16ClN3O3. The molecule has 0 aromatic heterocycles. The number of urea groups is 1. The summed E-state index contributed by atoms with van der Waals surface area (Å²) in [6, 6.07) is 11.7. The lowest BCUT2D eigenvalue weighted by atomic mass is 10.1. The number of halogens is 1. The molecule has 0 fully saturated rings. The maximum atomic E-state index is 11.8. The zero-order valence-electron chi connectivity index (χ0n) is 12.5. The highest BCUT2D eigenvalue weighted by atomic mass is 35.5. The van der Waals surface area contributed by atoms with E-state index in [0.29, 0.717) is 18.7 Å². The van der Waals surface area contributed by atoms with Gasteiger partial charge in [0.25, 0.3) is 5.69 Å². The first kappa shape index (κ1) is 16.8. The Morgan fingerprint density at radius 1 is 1.26 bits per heavy atom. The maximum absolute atomic E-state index is 11.8. The molecule has 2 aromatic rings. The van der Waals surface area contributed by atoms with Gasteiger partial charge in [0, 0.05) is 18.3 Å². The maximum Gasteiger partial charge on any atom is 0.319 e. The van der Waals surface area contributed by atoms with Gasteiger partial charge in [-0.25, -0.2) is 4.79 Å². The second-order valence-corrected chi connectivity index (χ2v) is 5.45. The SMILES string of the molecule is Cc1cccc(CCNC(=O)Nc2ccc(Cl)c([N+](=O)[O-])c2)c1. The molecule has 0 bridgehead atoms.